The van der Waals surface area contributed by atoms with Crippen molar-refractivity contribution in [2.24, 2.45) is 0 Å². The van der Waals surface area contributed by atoms with E-state index < -0.39 is 0 Å². The Morgan fingerprint density at radius 1 is 1.23 bits per heavy atom. The van der Waals surface area contributed by atoms with Crippen molar-refractivity contribution in [3.05, 3.63) is 29.8 Å². The van der Waals surface area contributed by atoms with Crippen LogP contribution in [0.15, 0.2) is 24.3 Å². The maximum atomic E-state index is 11.9. The van der Waals surface area contributed by atoms with Gasteiger partial charge in [-0.1, -0.05) is 25.0 Å². The number of hydrogen-bond donors (Lipinski definition) is 3. The maximum absolute atomic E-state index is 11.9. The molecule has 0 saturated heterocycles. The molecule has 0 aromatic heterocycles. The third-order valence-corrected chi connectivity index (χ3v) is 3.82. The monoisotopic (exact) mass is 321 g/mol. The van der Waals surface area contributed by atoms with Gasteiger partial charge in [-0.15, -0.1) is 0 Å². The Kier molecular flexibility index (Phi) is 6.45. The van der Waals surface area contributed by atoms with Crippen LogP contribution in [0.25, 0.3) is 0 Å². The number of benzene rings is 1. The number of ether oxygens (including phenoxy) is 1. The zero-order valence-corrected chi connectivity index (χ0v) is 13.7. The summed E-state index contributed by atoms with van der Waals surface area (Å²) in [4.78, 5) is 11.9. The number of nitrogens with one attached hydrogen (secondary N) is 3. The van der Waals surface area contributed by atoms with Crippen LogP contribution in [-0.2, 0) is 11.2 Å². The van der Waals surface area contributed by atoms with Gasteiger partial charge in [0.2, 0.25) is 5.91 Å². The Morgan fingerprint density at radius 3 is 2.55 bits per heavy atom. The number of carbonyl (C=O) groups excluding carboxylic acids is 1. The number of amides is 1. The molecule has 6 heteroatoms. The lowest BCUT2D eigenvalue weighted by Gasteiger charge is -2.16. The van der Waals surface area contributed by atoms with E-state index in [1.54, 1.807) is 0 Å². The molecule has 2 rings (SSSR count). The number of hydrazine groups is 1. The van der Waals surface area contributed by atoms with Crippen molar-refractivity contribution in [1.82, 2.24) is 16.2 Å². The molecule has 3 N–H and O–H groups in total. The molecule has 0 spiro atoms. The van der Waals surface area contributed by atoms with Crippen molar-refractivity contribution in [2.75, 3.05) is 6.61 Å². The number of thiocarbonyl (C=S) groups is 1. The fourth-order valence-corrected chi connectivity index (χ4v) is 2.74. The molecule has 5 nitrogen and oxygen atoms in total. The summed E-state index contributed by atoms with van der Waals surface area (Å²) in [6.45, 7) is 2.57. The van der Waals surface area contributed by atoms with E-state index in [1.807, 2.05) is 31.2 Å². The lowest BCUT2D eigenvalue weighted by atomic mass is 10.1. The molecule has 1 aromatic rings. The fourth-order valence-electron chi connectivity index (χ4n) is 2.52. The van der Waals surface area contributed by atoms with Crippen molar-refractivity contribution in [1.29, 1.82) is 0 Å². The van der Waals surface area contributed by atoms with E-state index in [0.29, 0.717) is 24.2 Å². The summed E-state index contributed by atoms with van der Waals surface area (Å²) in [5, 5.41) is 3.69. The Hall–Kier alpha value is -1.82. The molecule has 0 heterocycles. The van der Waals surface area contributed by atoms with Gasteiger partial charge < -0.3 is 10.1 Å². The van der Waals surface area contributed by atoms with E-state index in [1.165, 1.54) is 12.8 Å². The van der Waals surface area contributed by atoms with Crippen LogP contribution >= 0.6 is 12.2 Å². The molecule has 0 atom stereocenters. The van der Waals surface area contributed by atoms with E-state index in [2.05, 4.69) is 16.2 Å². The van der Waals surface area contributed by atoms with Gasteiger partial charge >= 0.3 is 0 Å². The van der Waals surface area contributed by atoms with Crippen LogP contribution < -0.4 is 20.9 Å². The van der Waals surface area contributed by atoms with E-state index in [9.17, 15) is 4.79 Å². The van der Waals surface area contributed by atoms with Gasteiger partial charge in [-0.25, -0.2) is 0 Å². The smallest absolute Gasteiger partial charge is 0.242 e. The minimum Gasteiger partial charge on any atom is -0.494 e. The minimum absolute atomic E-state index is 0.125. The zero-order chi connectivity index (χ0) is 15.8. The largest absolute Gasteiger partial charge is 0.494 e. The van der Waals surface area contributed by atoms with Gasteiger partial charge in [0.25, 0.3) is 0 Å². The summed E-state index contributed by atoms with van der Waals surface area (Å²) < 4.78 is 5.37. The Bertz CT molecular complexity index is 499. The van der Waals surface area contributed by atoms with Gasteiger partial charge in [-0.3, -0.25) is 15.6 Å². The van der Waals surface area contributed by atoms with Crippen molar-refractivity contribution < 1.29 is 9.53 Å². The average Bonchev–Trinajstić information content (AvgIpc) is 3.00. The Morgan fingerprint density at radius 2 is 1.91 bits per heavy atom. The van der Waals surface area contributed by atoms with Crippen LogP contribution in [0.4, 0.5) is 0 Å². The molecule has 1 aliphatic rings. The quantitative estimate of drug-likeness (QED) is 0.572. The van der Waals surface area contributed by atoms with Crippen LogP contribution in [0.2, 0.25) is 0 Å². The highest BCUT2D eigenvalue weighted by Gasteiger charge is 2.15. The van der Waals surface area contributed by atoms with Crippen molar-refractivity contribution >= 4 is 23.2 Å². The molecule has 120 valence electrons. The predicted octanol–water partition coefficient (Wildman–Crippen LogP) is 2.07. The normalized spacial score (nSPS) is 14.4. The molecule has 22 heavy (non-hydrogen) atoms. The summed E-state index contributed by atoms with van der Waals surface area (Å²) in [7, 11) is 0. The minimum atomic E-state index is -0.125. The Labute approximate surface area is 136 Å². The fraction of sp³-hybridized carbons (Fsp3) is 0.500. The molecule has 1 aromatic carbocycles. The highest BCUT2D eigenvalue weighted by atomic mass is 32.1. The van der Waals surface area contributed by atoms with Gasteiger partial charge in [0, 0.05) is 6.04 Å². The van der Waals surface area contributed by atoms with Crippen LogP contribution in [0.1, 0.15) is 38.2 Å². The molecule has 1 aliphatic carbocycles. The van der Waals surface area contributed by atoms with Gasteiger partial charge in [0.1, 0.15) is 5.75 Å². The van der Waals surface area contributed by atoms with E-state index >= 15 is 0 Å². The topological polar surface area (TPSA) is 62.4 Å². The second-order valence-electron chi connectivity index (χ2n) is 5.38. The first-order valence-electron chi connectivity index (χ1n) is 7.74. The molecule has 0 aliphatic heterocycles. The second-order valence-corrected chi connectivity index (χ2v) is 5.79. The van der Waals surface area contributed by atoms with E-state index in [-0.39, 0.29) is 5.91 Å². The summed E-state index contributed by atoms with van der Waals surface area (Å²) in [6.07, 6.45) is 5.06. The number of carbonyl (C=O) groups is 1. The molecular formula is C16H23N3O2S. The molecular weight excluding hydrogens is 298 g/mol. The summed E-state index contributed by atoms with van der Waals surface area (Å²) in [5.74, 6) is 0.687. The molecule has 0 unspecified atom stereocenters. The second kappa shape index (κ2) is 8.58. The lowest BCUT2D eigenvalue weighted by Crippen LogP contribution is -2.49. The number of hydrogen-bond acceptors (Lipinski definition) is 3. The standard InChI is InChI=1S/C16H23N3O2S/c1-2-21-14-9-7-12(8-10-14)11-15(20)18-19-16(22)17-13-5-3-4-6-13/h7-10,13H,2-6,11H2,1H3,(H,18,20)(H2,17,19,22). The van der Waals surface area contributed by atoms with Gasteiger partial charge in [0.15, 0.2) is 5.11 Å². The van der Waals surface area contributed by atoms with Crippen LogP contribution in [0.3, 0.4) is 0 Å². The highest BCUT2D eigenvalue weighted by molar-refractivity contribution is 7.80. The van der Waals surface area contributed by atoms with Crippen LogP contribution in [0.5, 0.6) is 5.75 Å². The van der Waals surface area contributed by atoms with Crippen LogP contribution in [-0.4, -0.2) is 23.7 Å². The zero-order valence-electron chi connectivity index (χ0n) is 12.9. The summed E-state index contributed by atoms with van der Waals surface area (Å²) in [6, 6.07) is 7.94. The third kappa shape index (κ3) is 5.52. The summed E-state index contributed by atoms with van der Waals surface area (Å²) in [5.41, 5.74) is 6.31. The van der Waals surface area contributed by atoms with Crippen molar-refractivity contribution in [3.8, 4) is 5.75 Å². The summed E-state index contributed by atoms with van der Waals surface area (Å²) >= 11 is 5.17. The van der Waals surface area contributed by atoms with Gasteiger partial charge in [-0.2, -0.15) is 0 Å². The third-order valence-electron chi connectivity index (χ3n) is 3.60. The van der Waals surface area contributed by atoms with Crippen LogP contribution in [0, 0.1) is 0 Å². The Balaban J connectivity index is 1.69. The average molecular weight is 321 g/mol. The van der Waals surface area contributed by atoms with E-state index in [0.717, 1.165) is 24.2 Å². The van der Waals surface area contributed by atoms with E-state index in [4.69, 9.17) is 17.0 Å². The number of rotatable bonds is 5. The SMILES string of the molecule is CCOc1ccc(CC(=O)NNC(=S)NC2CCCC2)cc1. The lowest BCUT2D eigenvalue weighted by molar-refractivity contribution is -0.121. The molecule has 1 amide bonds. The molecule has 0 bridgehead atoms. The first-order valence-corrected chi connectivity index (χ1v) is 8.15. The predicted molar refractivity (Wildman–Crippen MR) is 90.6 cm³/mol. The van der Waals surface area contributed by atoms with Gasteiger partial charge in [-0.05, 0) is 49.7 Å². The van der Waals surface area contributed by atoms with Gasteiger partial charge in [0.05, 0.1) is 13.0 Å². The first-order chi connectivity index (χ1) is 10.7. The van der Waals surface area contributed by atoms with Crippen molar-refractivity contribution in [3.63, 3.8) is 0 Å². The maximum Gasteiger partial charge on any atom is 0.242 e. The van der Waals surface area contributed by atoms with Crippen molar-refractivity contribution in [2.45, 2.75) is 45.1 Å². The first kappa shape index (κ1) is 16.5. The molecule has 1 saturated carbocycles. The molecule has 0 radical (unpaired) electrons. The highest BCUT2D eigenvalue weighted by Crippen LogP contribution is 2.17. The molecule has 1 fully saturated rings.